The number of aliphatic hydroxyl groups excluding tert-OH is 1. The van der Waals surface area contributed by atoms with E-state index in [1.54, 1.807) is 0 Å². The fourth-order valence-electron chi connectivity index (χ4n) is 2.47. The number of amides is 1. The van der Waals surface area contributed by atoms with Crippen LogP contribution in [0.1, 0.15) is 6.42 Å². The third-order valence-electron chi connectivity index (χ3n) is 3.64. The number of hydrogen-bond acceptors (Lipinski definition) is 3. The first-order valence-electron chi connectivity index (χ1n) is 6.29. The molecule has 5 heteroatoms. The highest BCUT2D eigenvalue weighted by atomic mass is 16.3. The molecular weight excluding hydrogens is 230 g/mol. The summed E-state index contributed by atoms with van der Waals surface area (Å²) < 4.78 is 1.86. The van der Waals surface area contributed by atoms with Gasteiger partial charge in [-0.3, -0.25) is 4.79 Å². The van der Waals surface area contributed by atoms with E-state index in [2.05, 4.69) is 4.90 Å². The summed E-state index contributed by atoms with van der Waals surface area (Å²) in [4.78, 5) is 16.2. The number of aliphatic hydroxyl groups is 1. The summed E-state index contributed by atoms with van der Waals surface area (Å²) >= 11 is 0. The van der Waals surface area contributed by atoms with Gasteiger partial charge in [0.25, 0.3) is 0 Å². The fourth-order valence-corrected chi connectivity index (χ4v) is 2.47. The van der Waals surface area contributed by atoms with E-state index >= 15 is 0 Å². The number of likely N-dealkylation sites (N-methyl/N-ethyl adjacent to an activating group) is 1. The van der Waals surface area contributed by atoms with Crippen LogP contribution in [0.5, 0.6) is 0 Å². The summed E-state index contributed by atoms with van der Waals surface area (Å²) in [6, 6.07) is 4.11. The van der Waals surface area contributed by atoms with Gasteiger partial charge in [-0.2, -0.15) is 0 Å². The molecule has 0 unspecified atom stereocenters. The maximum atomic E-state index is 12.2. The largest absolute Gasteiger partial charge is 0.394 e. The van der Waals surface area contributed by atoms with E-state index in [9.17, 15) is 9.90 Å². The molecule has 0 aliphatic carbocycles. The van der Waals surface area contributed by atoms with Crippen molar-refractivity contribution in [1.29, 1.82) is 0 Å². The zero-order valence-electron chi connectivity index (χ0n) is 11.0. The zero-order chi connectivity index (χ0) is 13.1. The Balaban J connectivity index is 2.00. The van der Waals surface area contributed by atoms with Gasteiger partial charge in [-0.1, -0.05) is 0 Å². The Kier molecular flexibility index (Phi) is 4.04. The topological polar surface area (TPSA) is 48.7 Å². The highest BCUT2D eigenvalue weighted by Gasteiger charge is 2.35. The number of carbonyl (C=O) groups is 1. The molecule has 1 N–H and O–H groups in total. The first-order chi connectivity index (χ1) is 8.61. The van der Waals surface area contributed by atoms with Crippen molar-refractivity contribution >= 4 is 5.91 Å². The van der Waals surface area contributed by atoms with Gasteiger partial charge < -0.3 is 19.5 Å². The minimum absolute atomic E-state index is 0.0412. The van der Waals surface area contributed by atoms with Gasteiger partial charge in [0, 0.05) is 25.0 Å². The Morgan fingerprint density at radius 3 is 2.61 bits per heavy atom. The van der Waals surface area contributed by atoms with Gasteiger partial charge >= 0.3 is 0 Å². The molecular formula is C13H21N3O2. The average molecular weight is 251 g/mol. The van der Waals surface area contributed by atoms with E-state index in [4.69, 9.17) is 0 Å². The van der Waals surface area contributed by atoms with Crippen LogP contribution >= 0.6 is 0 Å². The molecule has 0 radical (unpaired) electrons. The highest BCUT2D eigenvalue weighted by molar-refractivity contribution is 5.76. The number of likely N-dealkylation sites (tertiary alicyclic amines) is 1. The lowest BCUT2D eigenvalue weighted by Gasteiger charge is -2.23. The van der Waals surface area contributed by atoms with Crippen LogP contribution < -0.4 is 0 Å². The standard InChI is InChI=1S/C13H21N3O2/c1-14(2)11-7-12(10-17)16(8-11)13(18)9-15-5-3-4-6-15/h3-6,11-12,17H,7-10H2,1-2H3/t11-,12+/m1/s1. The van der Waals surface area contributed by atoms with E-state index in [0.29, 0.717) is 19.1 Å². The summed E-state index contributed by atoms with van der Waals surface area (Å²) in [7, 11) is 4.03. The molecule has 1 aliphatic rings. The Morgan fingerprint density at radius 1 is 1.39 bits per heavy atom. The van der Waals surface area contributed by atoms with Gasteiger partial charge in [0.05, 0.1) is 12.6 Å². The number of carbonyl (C=O) groups excluding carboxylic acids is 1. The molecule has 0 aromatic carbocycles. The number of nitrogens with zero attached hydrogens (tertiary/aromatic N) is 3. The molecule has 0 saturated carbocycles. The molecule has 1 fully saturated rings. The Hall–Kier alpha value is -1.33. The number of hydrogen-bond donors (Lipinski definition) is 1. The second kappa shape index (κ2) is 5.54. The summed E-state index contributed by atoms with van der Waals surface area (Å²) in [6.07, 6.45) is 4.61. The molecule has 2 atom stereocenters. The van der Waals surface area contributed by atoms with E-state index in [1.807, 2.05) is 48.1 Å². The maximum Gasteiger partial charge on any atom is 0.242 e. The third-order valence-corrected chi connectivity index (χ3v) is 3.64. The Bertz CT molecular complexity index is 389. The summed E-state index contributed by atoms with van der Waals surface area (Å²) in [5, 5.41) is 9.39. The van der Waals surface area contributed by atoms with Crippen molar-refractivity contribution in [3.8, 4) is 0 Å². The molecule has 18 heavy (non-hydrogen) atoms. The smallest absolute Gasteiger partial charge is 0.242 e. The summed E-state index contributed by atoms with van der Waals surface area (Å²) in [5.74, 6) is 0.0783. The van der Waals surface area contributed by atoms with Crippen LogP contribution in [0.15, 0.2) is 24.5 Å². The molecule has 1 aromatic rings. The Labute approximate surface area is 108 Å². The molecule has 2 heterocycles. The fraction of sp³-hybridized carbons (Fsp3) is 0.615. The van der Waals surface area contributed by atoms with Crippen LogP contribution in [0, 0.1) is 0 Å². The third kappa shape index (κ3) is 2.73. The lowest BCUT2D eigenvalue weighted by molar-refractivity contribution is -0.133. The zero-order valence-corrected chi connectivity index (χ0v) is 11.0. The van der Waals surface area contributed by atoms with Crippen LogP contribution in [0.25, 0.3) is 0 Å². The van der Waals surface area contributed by atoms with Crippen LogP contribution in [0.3, 0.4) is 0 Å². The first-order valence-corrected chi connectivity index (χ1v) is 6.29. The van der Waals surface area contributed by atoms with Gasteiger partial charge in [0.15, 0.2) is 0 Å². The monoisotopic (exact) mass is 251 g/mol. The average Bonchev–Trinajstić information content (AvgIpc) is 2.96. The van der Waals surface area contributed by atoms with E-state index in [0.717, 1.165) is 6.42 Å². The molecule has 1 amide bonds. The van der Waals surface area contributed by atoms with Crippen molar-refractivity contribution in [2.75, 3.05) is 27.2 Å². The van der Waals surface area contributed by atoms with Crippen molar-refractivity contribution in [1.82, 2.24) is 14.4 Å². The van der Waals surface area contributed by atoms with Crippen LogP contribution in [0.4, 0.5) is 0 Å². The first kappa shape index (κ1) is 13.1. The maximum absolute atomic E-state index is 12.2. The van der Waals surface area contributed by atoms with E-state index in [1.165, 1.54) is 0 Å². The van der Waals surface area contributed by atoms with Crippen molar-refractivity contribution in [2.45, 2.75) is 25.0 Å². The van der Waals surface area contributed by atoms with Crippen LogP contribution in [0.2, 0.25) is 0 Å². The second-order valence-electron chi connectivity index (χ2n) is 5.09. The van der Waals surface area contributed by atoms with Crippen molar-refractivity contribution in [3.05, 3.63) is 24.5 Å². The Morgan fingerprint density at radius 2 is 2.06 bits per heavy atom. The minimum atomic E-state index is -0.0412. The summed E-state index contributed by atoms with van der Waals surface area (Å²) in [5.41, 5.74) is 0. The minimum Gasteiger partial charge on any atom is -0.394 e. The molecule has 100 valence electrons. The lowest BCUT2D eigenvalue weighted by atomic mass is 10.1. The van der Waals surface area contributed by atoms with Crippen molar-refractivity contribution < 1.29 is 9.90 Å². The van der Waals surface area contributed by atoms with E-state index in [-0.39, 0.29) is 18.6 Å². The lowest BCUT2D eigenvalue weighted by Crippen LogP contribution is -2.40. The predicted octanol–water partition coefficient (Wildman–Crippen LogP) is 0.0115. The van der Waals surface area contributed by atoms with Gasteiger partial charge in [-0.25, -0.2) is 0 Å². The predicted molar refractivity (Wildman–Crippen MR) is 69.1 cm³/mol. The molecule has 0 spiro atoms. The van der Waals surface area contributed by atoms with Gasteiger partial charge in [0.1, 0.15) is 6.54 Å². The van der Waals surface area contributed by atoms with E-state index < -0.39 is 0 Å². The van der Waals surface area contributed by atoms with Gasteiger partial charge in [0.2, 0.25) is 5.91 Å². The van der Waals surface area contributed by atoms with Gasteiger partial charge in [-0.15, -0.1) is 0 Å². The molecule has 1 aliphatic heterocycles. The molecule has 1 aromatic heterocycles. The quantitative estimate of drug-likeness (QED) is 0.820. The number of aromatic nitrogens is 1. The second-order valence-corrected chi connectivity index (χ2v) is 5.09. The highest BCUT2D eigenvalue weighted by Crippen LogP contribution is 2.21. The molecule has 5 nitrogen and oxygen atoms in total. The number of rotatable bonds is 4. The molecule has 2 rings (SSSR count). The van der Waals surface area contributed by atoms with Crippen LogP contribution in [-0.4, -0.2) is 64.7 Å². The van der Waals surface area contributed by atoms with Crippen LogP contribution in [-0.2, 0) is 11.3 Å². The van der Waals surface area contributed by atoms with Crippen molar-refractivity contribution in [2.24, 2.45) is 0 Å². The van der Waals surface area contributed by atoms with Gasteiger partial charge in [-0.05, 0) is 32.6 Å². The normalized spacial score (nSPS) is 23.9. The SMILES string of the molecule is CN(C)[C@@H]1C[C@@H](CO)N(C(=O)Cn2cccc2)C1. The molecule has 1 saturated heterocycles. The summed E-state index contributed by atoms with van der Waals surface area (Å²) in [6.45, 7) is 1.10. The molecule has 0 bridgehead atoms. The van der Waals surface area contributed by atoms with Crippen molar-refractivity contribution in [3.63, 3.8) is 0 Å².